The molecule has 0 atom stereocenters. The van der Waals surface area contributed by atoms with Crippen molar-refractivity contribution in [3.05, 3.63) is 263 Å². The van der Waals surface area contributed by atoms with Crippen LogP contribution in [0.25, 0.3) is 113 Å². The summed E-state index contributed by atoms with van der Waals surface area (Å²) in [6.07, 6.45) is 8.99. The van der Waals surface area contributed by atoms with E-state index < -0.39 is 0 Å². The molecule has 2 heteroatoms. The smallest absolute Gasteiger partial charge is 0.0541 e. The quantitative estimate of drug-likeness (QED) is 0.134. The van der Waals surface area contributed by atoms with Gasteiger partial charge in [0.1, 0.15) is 0 Å². The maximum atomic E-state index is 2.40. The second kappa shape index (κ2) is 18.2. The zero-order valence-electron chi connectivity index (χ0n) is 45.5. The molecule has 0 N–H and O–H groups in total. The van der Waals surface area contributed by atoms with Gasteiger partial charge in [0.15, 0.2) is 0 Å². The van der Waals surface area contributed by atoms with Crippen LogP contribution in [0.2, 0.25) is 0 Å². The van der Waals surface area contributed by atoms with E-state index in [9.17, 15) is 0 Å². The Balaban J connectivity index is 0.700. The number of hydrogen-bond acceptors (Lipinski definition) is 0. The van der Waals surface area contributed by atoms with Crippen LogP contribution in [0.5, 0.6) is 0 Å². The zero-order valence-corrected chi connectivity index (χ0v) is 45.5. The van der Waals surface area contributed by atoms with Crippen molar-refractivity contribution in [1.29, 1.82) is 0 Å². The van der Waals surface area contributed by atoms with Gasteiger partial charge < -0.3 is 9.13 Å². The van der Waals surface area contributed by atoms with E-state index in [4.69, 9.17) is 0 Å². The lowest BCUT2D eigenvalue weighted by Gasteiger charge is -2.22. The molecule has 2 heterocycles. The minimum atomic E-state index is -0.129. The van der Waals surface area contributed by atoms with Crippen molar-refractivity contribution in [2.24, 2.45) is 0 Å². The summed E-state index contributed by atoms with van der Waals surface area (Å²) < 4.78 is 4.80. The molecule has 12 aromatic rings. The number of nitrogens with zero attached hydrogens (tertiary/aromatic N) is 2. The Bertz CT molecular complexity index is 4030. The third-order valence-electron chi connectivity index (χ3n) is 16.5. The highest BCUT2D eigenvalue weighted by Gasteiger charge is 2.35. The molecule has 2 nitrogen and oxygen atoms in total. The predicted molar refractivity (Wildman–Crippen MR) is 332 cm³/mol. The second-order valence-corrected chi connectivity index (χ2v) is 23.9. The maximum absolute atomic E-state index is 2.40. The Morgan fingerprint density at radius 1 is 0.312 bits per heavy atom. The number of aromatic nitrogens is 2. The minimum Gasteiger partial charge on any atom is -0.309 e. The predicted octanol–water partition coefficient (Wildman–Crippen LogP) is 20.5. The Hall–Kier alpha value is -8.72. The number of hydrogen-bond donors (Lipinski definition) is 0. The van der Waals surface area contributed by atoms with Crippen molar-refractivity contribution in [1.82, 2.24) is 9.13 Å². The summed E-state index contributed by atoms with van der Waals surface area (Å²) in [5, 5.41) is 5.07. The lowest BCUT2D eigenvalue weighted by molar-refractivity contribution is 0.590. The van der Waals surface area contributed by atoms with E-state index >= 15 is 0 Å². The Morgan fingerprint density at radius 3 is 1.04 bits per heavy atom. The van der Waals surface area contributed by atoms with E-state index in [0.29, 0.717) is 0 Å². The largest absolute Gasteiger partial charge is 0.309 e. The number of fused-ring (bicyclic) bond motifs is 9. The van der Waals surface area contributed by atoms with Crippen molar-refractivity contribution >= 4 is 67.9 Å². The molecule has 1 aliphatic rings. The average molecular weight is 993 g/mol. The standard InChI is InChI=1S/C75H64N2/c1-73(2,3)57-33-37-59(38-34-57)76-69-15-11-9-13-63(69)65-47-55(31-43-71(65)76)53-27-21-49(22-28-53)17-19-51-25-41-61-62-42-26-52(46-68(62)75(7,8)67(61)45-51)20-18-50-23-29-54(30-24-50)56-32-44-72-66(48-56)64-14-10-12-16-70(64)77(72)60-39-35-58(36-40-60)74(4,5)6/h9-48H,1-8H3. The fraction of sp³-hybridized carbons (Fsp3) is 0.147. The maximum Gasteiger partial charge on any atom is 0.0541 e. The highest BCUT2D eigenvalue weighted by molar-refractivity contribution is 6.11. The van der Waals surface area contributed by atoms with Gasteiger partial charge in [-0.3, -0.25) is 0 Å². The molecule has 0 fully saturated rings. The van der Waals surface area contributed by atoms with Crippen LogP contribution < -0.4 is 0 Å². The fourth-order valence-corrected chi connectivity index (χ4v) is 12.0. The van der Waals surface area contributed by atoms with Gasteiger partial charge in [0.25, 0.3) is 0 Å². The minimum absolute atomic E-state index is 0.112. The third kappa shape index (κ3) is 8.54. The average Bonchev–Trinajstić information content (AvgIpc) is 4.11. The molecular weight excluding hydrogens is 929 g/mol. The third-order valence-corrected chi connectivity index (χ3v) is 16.5. The number of para-hydroxylation sites is 2. The van der Waals surface area contributed by atoms with E-state index in [1.54, 1.807) is 0 Å². The van der Waals surface area contributed by atoms with Crippen molar-refractivity contribution in [3.8, 4) is 44.8 Å². The molecule has 10 aromatic carbocycles. The van der Waals surface area contributed by atoms with Crippen LogP contribution in [0.4, 0.5) is 0 Å². The van der Waals surface area contributed by atoms with Gasteiger partial charge in [-0.15, -0.1) is 0 Å². The monoisotopic (exact) mass is 993 g/mol. The fourth-order valence-electron chi connectivity index (χ4n) is 12.0. The first-order chi connectivity index (χ1) is 37.2. The van der Waals surface area contributed by atoms with Crippen LogP contribution >= 0.6 is 0 Å². The first-order valence-corrected chi connectivity index (χ1v) is 27.3. The summed E-state index contributed by atoms with van der Waals surface area (Å²) in [5.74, 6) is 0. The summed E-state index contributed by atoms with van der Waals surface area (Å²) in [5.41, 5.74) is 25.1. The molecule has 1 aliphatic carbocycles. The topological polar surface area (TPSA) is 9.86 Å². The summed E-state index contributed by atoms with van der Waals surface area (Å²) in [6, 6.07) is 81.4. The van der Waals surface area contributed by atoms with Gasteiger partial charge in [0.2, 0.25) is 0 Å². The van der Waals surface area contributed by atoms with Gasteiger partial charge in [0.05, 0.1) is 22.1 Å². The molecular formula is C75H64N2. The van der Waals surface area contributed by atoms with Crippen LogP contribution in [-0.2, 0) is 16.2 Å². The van der Waals surface area contributed by atoms with Gasteiger partial charge in [-0.2, -0.15) is 0 Å². The molecule has 0 saturated carbocycles. The van der Waals surface area contributed by atoms with Crippen LogP contribution in [0.15, 0.2) is 218 Å². The molecule has 0 bridgehead atoms. The molecule has 0 unspecified atom stereocenters. The van der Waals surface area contributed by atoms with E-state index in [1.165, 1.54) is 133 Å². The van der Waals surface area contributed by atoms with E-state index in [0.717, 1.165) is 0 Å². The molecule has 0 spiro atoms. The van der Waals surface area contributed by atoms with Crippen LogP contribution in [0.1, 0.15) is 99.9 Å². The Labute approximate surface area is 453 Å². The van der Waals surface area contributed by atoms with Gasteiger partial charge in [0, 0.05) is 38.3 Å². The van der Waals surface area contributed by atoms with Gasteiger partial charge in [-0.05, 0) is 149 Å². The lowest BCUT2D eigenvalue weighted by atomic mass is 9.81. The van der Waals surface area contributed by atoms with Crippen molar-refractivity contribution in [2.75, 3.05) is 0 Å². The molecule has 0 radical (unpaired) electrons. The Morgan fingerprint density at radius 2 is 0.649 bits per heavy atom. The first kappa shape index (κ1) is 48.0. The molecule has 77 heavy (non-hydrogen) atoms. The summed E-state index contributed by atoms with van der Waals surface area (Å²) in [6.45, 7) is 18.4. The number of benzene rings is 10. The van der Waals surface area contributed by atoms with Crippen LogP contribution in [0.3, 0.4) is 0 Å². The number of rotatable bonds is 8. The highest BCUT2D eigenvalue weighted by atomic mass is 15.0. The first-order valence-electron chi connectivity index (χ1n) is 27.3. The normalized spacial score (nSPS) is 13.5. The summed E-state index contributed by atoms with van der Waals surface area (Å²) in [7, 11) is 0. The van der Waals surface area contributed by atoms with Gasteiger partial charge in [-0.1, -0.05) is 237 Å². The van der Waals surface area contributed by atoms with E-state index in [1.807, 2.05) is 0 Å². The summed E-state index contributed by atoms with van der Waals surface area (Å²) >= 11 is 0. The zero-order chi connectivity index (χ0) is 52.8. The Kier molecular flexibility index (Phi) is 11.4. The molecule has 2 aromatic heterocycles. The van der Waals surface area contributed by atoms with Crippen LogP contribution in [0, 0.1) is 0 Å². The molecule has 0 aliphatic heterocycles. The van der Waals surface area contributed by atoms with Gasteiger partial charge in [-0.25, -0.2) is 0 Å². The van der Waals surface area contributed by atoms with Crippen molar-refractivity contribution in [3.63, 3.8) is 0 Å². The second-order valence-electron chi connectivity index (χ2n) is 23.9. The highest BCUT2D eigenvalue weighted by Crippen LogP contribution is 2.49. The molecule has 0 amide bonds. The van der Waals surface area contributed by atoms with Crippen molar-refractivity contribution in [2.45, 2.75) is 71.6 Å². The molecule has 0 saturated heterocycles. The van der Waals surface area contributed by atoms with Crippen LogP contribution in [-0.4, -0.2) is 9.13 Å². The van der Waals surface area contributed by atoms with E-state index in [-0.39, 0.29) is 16.2 Å². The van der Waals surface area contributed by atoms with Crippen molar-refractivity contribution < 1.29 is 0 Å². The van der Waals surface area contributed by atoms with E-state index in [2.05, 4.69) is 307 Å². The molecule has 374 valence electrons. The SMILES string of the molecule is CC(C)(C)c1ccc(-n2c3ccccc3c3cc(-c4ccc(C=Cc5ccc6c(c5)C(C)(C)c5cc(C=Cc7ccc(-c8ccc9c(c8)c8ccccc8n9-c8ccc(C(C)(C)C)cc8)cc7)ccc5-6)cc4)ccc32)cc1. The lowest BCUT2D eigenvalue weighted by Crippen LogP contribution is -2.15. The molecule has 13 rings (SSSR count). The summed E-state index contributed by atoms with van der Waals surface area (Å²) in [4.78, 5) is 0. The van der Waals surface area contributed by atoms with Gasteiger partial charge >= 0.3 is 0 Å².